The molecule has 0 aliphatic carbocycles. The van der Waals surface area contributed by atoms with Crippen molar-refractivity contribution in [1.29, 1.82) is 0 Å². The maximum Gasteiger partial charge on any atom is 0.306 e. The molecule has 2 N–H and O–H groups in total. The molecule has 0 spiro atoms. The molecular formula is C22H24N2O4. The summed E-state index contributed by atoms with van der Waals surface area (Å²) >= 11 is 0. The summed E-state index contributed by atoms with van der Waals surface area (Å²) in [5.41, 5.74) is 3.26. The average molecular weight is 380 g/mol. The van der Waals surface area contributed by atoms with Gasteiger partial charge in [-0.3, -0.25) is 14.4 Å². The Morgan fingerprint density at radius 1 is 1.00 bits per heavy atom. The van der Waals surface area contributed by atoms with Crippen molar-refractivity contribution in [2.45, 2.75) is 26.2 Å². The Kier molecular flexibility index (Phi) is 6.09. The number of rotatable bonds is 5. The maximum absolute atomic E-state index is 12.6. The number of carbonyl (C=O) groups excluding carboxylic acids is 2. The van der Waals surface area contributed by atoms with Crippen LogP contribution in [0.3, 0.4) is 0 Å². The number of nitrogens with one attached hydrogen (secondary N) is 1. The van der Waals surface area contributed by atoms with Crippen molar-refractivity contribution >= 4 is 23.5 Å². The first-order chi connectivity index (χ1) is 13.4. The molecule has 0 saturated carbocycles. The zero-order valence-corrected chi connectivity index (χ0v) is 15.9. The number of benzene rings is 2. The van der Waals surface area contributed by atoms with Gasteiger partial charge in [0, 0.05) is 24.3 Å². The van der Waals surface area contributed by atoms with E-state index < -0.39 is 5.97 Å². The topological polar surface area (TPSA) is 86.7 Å². The second kappa shape index (κ2) is 8.69. The Balaban J connectivity index is 1.54. The summed E-state index contributed by atoms with van der Waals surface area (Å²) in [6, 6.07) is 14.6. The van der Waals surface area contributed by atoms with Gasteiger partial charge in [0.15, 0.2) is 0 Å². The molecule has 0 atom stereocenters. The zero-order valence-electron chi connectivity index (χ0n) is 15.9. The molecule has 3 rings (SSSR count). The van der Waals surface area contributed by atoms with E-state index >= 15 is 0 Å². The Labute approximate surface area is 164 Å². The van der Waals surface area contributed by atoms with Crippen LogP contribution in [-0.2, 0) is 16.0 Å². The van der Waals surface area contributed by atoms with Gasteiger partial charge in [-0.25, -0.2) is 0 Å². The molecule has 0 aromatic heterocycles. The highest BCUT2D eigenvalue weighted by atomic mass is 16.4. The molecule has 1 saturated heterocycles. The van der Waals surface area contributed by atoms with E-state index in [1.54, 1.807) is 29.2 Å². The third kappa shape index (κ3) is 4.97. The lowest BCUT2D eigenvalue weighted by atomic mass is 9.96. The predicted molar refractivity (Wildman–Crippen MR) is 106 cm³/mol. The van der Waals surface area contributed by atoms with Gasteiger partial charge in [-0.15, -0.1) is 0 Å². The Morgan fingerprint density at radius 2 is 1.61 bits per heavy atom. The van der Waals surface area contributed by atoms with Crippen LogP contribution in [0.2, 0.25) is 0 Å². The standard InChI is InChI=1S/C22H24N2O4/c1-15-2-4-16(5-3-15)14-20(25)23-19-8-6-17(7-9-19)21(26)24-12-10-18(11-13-24)22(27)28/h2-9,18H,10-14H2,1H3,(H,23,25)(H,27,28). The third-order valence-electron chi connectivity index (χ3n) is 5.03. The number of anilines is 1. The van der Waals surface area contributed by atoms with Gasteiger partial charge in [-0.05, 0) is 49.6 Å². The SMILES string of the molecule is Cc1ccc(CC(=O)Nc2ccc(C(=O)N3CCC(C(=O)O)CC3)cc2)cc1. The van der Waals surface area contributed by atoms with E-state index in [-0.39, 0.29) is 17.7 Å². The predicted octanol–water partition coefficient (Wildman–Crippen LogP) is 3.11. The van der Waals surface area contributed by atoms with Crippen LogP contribution in [0, 0.1) is 12.8 Å². The van der Waals surface area contributed by atoms with Crippen molar-refractivity contribution < 1.29 is 19.5 Å². The van der Waals surface area contributed by atoms with Crippen LogP contribution in [0.5, 0.6) is 0 Å². The fourth-order valence-corrected chi connectivity index (χ4v) is 3.30. The number of nitrogens with zero attached hydrogens (tertiary/aromatic N) is 1. The van der Waals surface area contributed by atoms with Crippen LogP contribution in [-0.4, -0.2) is 40.9 Å². The highest BCUT2D eigenvalue weighted by Crippen LogP contribution is 2.20. The summed E-state index contributed by atoms with van der Waals surface area (Å²) < 4.78 is 0. The van der Waals surface area contributed by atoms with Crippen LogP contribution in [0.25, 0.3) is 0 Å². The Morgan fingerprint density at radius 3 is 2.18 bits per heavy atom. The maximum atomic E-state index is 12.6. The first-order valence-corrected chi connectivity index (χ1v) is 9.40. The van der Waals surface area contributed by atoms with Gasteiger partial charge in [0.05, 0.1) is 12.3 Å². The molecule has 2 amide bonds. The first kappa shape index (κ1) is 19.6. The molecule has 1 aliphatic rings. The molecule has 146 valence electrons. The number of carboxylic acid groups (broad SMARTS) is 1. The second-order valence-corrected chi connectivity index (χ2v) is 7.19. The lowest BCUT2D eigenvalue weighted by molar-refractivity contribution is -0.143. The van der Waals surface area contributed by atoms with Crippen molar-refractivity contribution in [2.24, 2.45) is 5.92 Å². The summed E-state index contributed by atoms with van der Waals surface area (Å²) in [7, 11) is 0. The zero-order chi connectivity index (χ0) is 20.1. The Hall–Kier alpha value is -3.15. The van der Waals surface area contributed by atoms with E-state index in [0.717, 1.165) is 11.1 Å². The largest absolute Gasteiger partial charge is 0.481 e. The van der Waals surface area contributed by atoms with Crippen LogP contribution >= 0.6 is 0 Å². The average Bonchev–Trinajstić information content (AvgIpc) is 2.70. The minimum absolute atomic E-state index is 0.110. The number of aliphatic carboxylic acids is 1. The van der Waals surface area contributed by atoms with Crippen LogP contribution in [0.4, 0.5) is 5.69 Å². The minimum atomic E-state index is -0.794. The monoisotopic (exact) mass is 380 g/mol. The molecule has 6 heteroatoms. The van der Waals surface area contributed by atoms with Gasteiger partial charge in [0.1, 0.15) is 0 Å². The van der Waals surface area contributed by atoms with E-state index in [1.165, 1.54) is 0 Å². The molecular weight excluding hydrogens is 356 g/mol. The van der Waals surface area contributed by atoms with Crippen LogP contribution < -0.4 is 5.32 Å². The van der Waals surface area contributed by atoms with E-state index in [4.69, 9.17) is 5.11 Å². The number of hydrogen-bond acceptors (Lipinski definition) is 3. The van der Waals surface area contributed by atoms with Crippen molar-refractivity contribution in [2.75, 3.05) is 18.4 Å². The highest BCUT2D eigenvalue weighted by molar-refractivity contribution is 5.96. The summed E-state index contributed by atoms with van der Waals surface area (Å²) in [5.74, 6) is -1.38. The molecule has 28 heavy (non-hydrogen) atoms. The van der Waals surface area contributed by atoms with Crippen molar-refractivity contribution in [1.82, 2.24) is 4.90 Å². The lowest BCUT2D eigenvalue weighted by Gasteiger charge is -2.30. The third-order valence-corrected chi connectivity index (χ3v) is 5.03. The van der Waals surface area contributed by atoms with Gasteiger partial charge in [-0.2, -0.15) is 0 Å². The summed E-state index contributed by atoms with van der Waals surface area (Å²) in [4.78, 5) is 37.5. The molecule has 2 aromatic carbocycles. The normalized spacial score (nSPS) is 14.5. The number of piperidine rings is 1. The van der Waals surface area contributed by atoms with Crippen molar-refractivity contribution in [3.05, 3.63) is 65.2 Å². The smallest absolute Gasteiger partial charge is 0.306 e. The molecule has 0 radical (unpaired) electrons. The summed E-state index contributed by atoms with van der Waals surface area (Å²) in [6.45, 7) is 2.90. The first-order valence-electron chi connectivity index (χ1n) is 9.40. The summed E-state index contributed by atoms with van der Waals surface area (Å²) in [5, 5.41) is 11.9. The van der Waals surface area contributed by atoms with Gasteiger partial charge in [-0.1, -0.05) is 29.8 Å². The number of amides is 2. The fraction of sp³-hybridized carbons (Fsp3) is 0.318. The van der Waals surface area contributed by atoms with Crippen molar-refractivity contribution in [3.8, 4) is 0 Å². The number of carboxylic acids is 1. The van der Waals surface area contributed by atoms with Gasteiger partial charge in [0.2, 0.25) is 5.91 Å². The van der Waals surface area contributed by atoms with Gasteiger partial charge in [0.25, 0.3) is 5.91 Å². The van der Waals surface area contributed by atoms with Crippen LogP contribution in [0.15, 0.2) is 48.5 Å². The summed E-state index contributed by atoms with van der Waals surface area (Å²) in [6.07, 6.45) is 1.25. The minimum Gasteiger partial charge on any atom is -0.481 e. The quantitative estimate of drug-likeness (QED) is 0.834. The molecule has 2 aromatic rings. The fourth-order valence-electron chi connectivity index (χ4n) is 3.30. The number of hydrogen-bond donors (Lipinski definition) is 2. The second-order valence-electron chi connectivity index (χ2n) is 7.19. The number of likely N-dealkylation sites (tertiary alicyclic amines) is 1. The number of aryl methyl sites for hydroxylation is 1. The van der Waals surface area contributed by atoms with E-state index in [2.05, 4.69) is 5.32 Å². The Bertz CT molecular complexity index is 851. The molecule has 0 unspecified atom stereocenters. The van der Waals surface area contributed by atoms with E-state index in [1.807, 2.05) is 31.2 Å². The molecule has 1 aliphatic heterocycles. The van der Waals surface area contributed by atoms with Gasteiger partial charge >= 0.3 is 5.97 Å². The van der Waals surface area contributed by atoms with E-state index in [9.17, 15) is 14.4 Å². The molecule has 1 fully saturated rings. The van der Waals surface area contributed by atoms with Crippen LogP contribution in [0.1, 0.15) is 34.3 Å². The van der Waals surface area contributed by atoms with Gasteiger partial charge < -0.3 is 15.3 Å². The molecule has 6 nitrogen and oxygen atoms in total. The van der Waals surface area contributed by atoms with Crippen molar-refractivity contribution in [3.63, 3.8) is 0 Å². The number of carbonyl (C=O) groups is 3. The van der Waals surface area contributed by atoms with E-state index in [0.29, 0.717) is 43.6 Å². The highest BCUT2D eigenvalue weighted by Gasteiger charge is 2.27. The molecule has 0 bridgehead atoms. The molecule has 1 heterocycles. The lowest BCUT2D eigenvalue weighted by Crippen LogP contribution is -2.40.